The Kier molecular flexibility index (Phi) is 1.78. The maximum Gasteiger partial charge on any atom is 0.252 e. The number of nitriles is 1. The molecule has 1 amide bonds. The van der Waals surface area contributed by atoms with E-state index in [0.29, 0.717) is 5.56 Å². The van der Waals surface area contributed by atoms with Crippen LogP contribution in [-0.4, -0.2) is 5.91 Å². The zero-order valence-corrected chi connectivity index (χ0v) is 8.09. The van der Waals surface area contributed by atoms with Crippen LogP contribution in [0.4, 0.5) is 0 Å². The molecule has 1 aromatic carbocycles. The van der Waals surface area contributed by atoms with Gasteiger partial charge in [-0.25, -0.2) is 0 Å². The third-order valence-electron chi connectivity index (χ3n) is 2.63. The first-order valence-electron chi connectivity index (χ1n) is 4.45. The van der Waals surface area contributed by atoms with Crippen LogP contribution in [0.2, 0.25) is 0 Å². The molecule has 2 rings (SSSR count). The van der Waals surface area contributed by atoms with E-state index in [0.717, 1.165) is 16.7 Å². The molecule has 1 unspecified atom stereocenters. The number of carbonyl (C=O) groups excluding carboxylic acids is 1. The smallest absolute Gasteiger partial charge is 0.252 e. The first-order valence-corrected chi connectivity index (χ1v) is 4.45. The van der Waals surface area contributed by atoms with E-state index in [1.807, 2.05) is 26.0 Å². The van der Waals surface area contributed by atoms with Gasteiger partial charge < -0.3 is 5.32 Å². The Labute approximate surface area is 82.4 Å². The Morgan fingerprint density at radius 2 is 2.00 bits per heavy atom. The lowest BCUT2D eigenvalue weighted by Crippen LogP contribution is -2.17. The molecule has 0 aromatic heterocycles. The molecular formula is C11H10N2O. The molecule has 3 heteroatoms. The monoisotopic (exact) mass is 186 g/mol. The summed E-state index contributed by atoms with van der Waals surface area (Å²) in [6.07, 6.45) is 0. The third kappa shape index (κ3) is 1.08. The summed E-state index contributed by atoms with van der Waals surface area (Å²) in [7, 11) is 0. The molecule has 0 fully saturated rings. The number of nitrogens with one attached hydrogen (secondary N) is 1. The number of rotatable bonds is 0. The van der Waals surface area contributed by atoms with Gasteiger partial charge in [0, 0.05) is 11.1 Å². The second-order valence-corrected chi connectivity index (χ2v) is 3.56. The molecule has 0 spiro atoms. The zero-order valence-electron chi connectivity index (χ0n) is 8.09. The van der Waals surface area contributed by atoms with Crippen LogP contribution in [0, 0.1) is 25.2 Å². The van der Waals surface area contributed by atoms with Gasteiger partial charge in [0.2, 0.25) is 0 Å². The largest absolute Gasteiger partial charge is 0.332 e. The van der Waals surface area contributed by atoms with Crippen molar-refractivity contribution in [1.29, 1.82) is 5.26 Å². The van der Waals surface area contributed by atoms with Crippen LogP contribution < -0.4 is 5.32 Å². The molecule has 0 bridgehead atoms. The van der Waals surface area contributed by atoms with Crippen LogP contribution in [0.1, 0.15) is 33.1 Å². The van der Waals surface area contributed by atoms with Crippen molar-refractivity contribution >= 4 is 5.91 Å². The van der Waals surface area contributed by atoms with Gasteiger partial charge in [-0.05, 0) is 31.0 Å². The number of hydrogen-bond acceptors (Lipinski definition) is 2. The molecule has 0 saturated heterocycles. The van der Waals surface area contributed by atoms with E-state index in [1.165, 1.54) is 0 Å². The van der Waals surface area contributed by atoms with Gasteiger partial charge in [0.1, 0.15) is 6.04 Å². The van der Waals surface area contributed by atoms with Crippen LogP contribution >= 0.6 is 0 Å². The number of carbonyl (C=O) groups is 1. The summed E-state index contributed by atoms with van der Waals surface area (Å²) in [5, 5.41) is 11.4. The van der Waals surface area contributed by atoms with E-state index in [9.17, 15) is 4.79 Å². The summed E-state index contributed by atoms with van der Waals surface area (Å²) in [5.74, 6) is -0.144. The summed E-state index contributed by atoms with van der Waals surface area (Å²) in [6.45, 7) is 3.94. The summed E-state index contributed by atoms with van der Waals surface area (Å²) in [4.78, 5) is 11.4. The molecule has 1 aliphatic rings. The van der Waals surface area contributed by atoms with Crippen molar-refractivity contribution in [2.45, 2.75) is 19.9 Å². The Morgan fingerprint density at radius 3 is 2.64 bits per heavy atom. The Morgan fingerprint density at radius 1 is 1.36 bits per heavy atom. The van der Waals surface area contributed by atoms with E-state index in [-0.39, 0.29) is 5.91 Å². The van der Waals surface area contributed by atoms with Gasteiger partial charge >= 0.3 is 0 Å². The van der Waals surface area contributed by atoms with Crippen LogP contribution in [-0.2, 0) is 0 Å². The van der Waals surface area contributed by atoms with Gasteiger partial charge in [-0.3, -0.25) is 4.79 Å². The van der Waals surface area contributed by atoms with E-state index in [4.69, 9.17) is 5.26 Å². The molecule has 3 nitrogen and oxygen atoms in total. The fourth-order valence-electron chi connectivity index (χ4n) is 1.66. The van der Waals surface area contributed by atoms with E-state index in [2.05, 4.69) is 11.4 Å². The highest BCUT2D eigenvalue weighted by atomic mass is 16.2. The lowest BCUT2D eigenvalue weighted by Gasteiger charge is -2.04. The number of benzene rings is 1. The molecule has 0 radical (unpaired) electrons. The minimum Gasteiger partial charge on any atom is -0.332 e. The molecule has 14 heavy (non-hydrogen) atoms. The highest BCUT2D eigenvalue weighted by Gasteiger charge is 2.28. The molecule has 1 atom stereocenters. The number of aryl methyl sites for hydroxylation is 2. The highest BCUT2D eigenvalue weighted by Crippen LogP contribution is 2.27. The van der Waals surface area contributed by atoms with Crippen LogP contribution in [0.25, 0.3) is 0 Å². The maximum atomic E-state index is 11.4. The Hall–Kier alpha value is -1.82. The maximum absolute atomic E-state index is 11.4. The topological polar surface area (TPSA) is 52.9 Å². The van der Waals surface area contributed by atoms with Gasteiger partial charge in [-0.2, -0.15) is 5.26 Å². The molecule has 70 valence electrons. The SMILES string of the molecule is Cc1cc2c(cc1C)C(C#N)NC2=O. The summed E-state index contributed by atoms with van der Waals surface area (Å²) in [5.41, 5.74) is 3.64. The van der Waals surface area contributed by atoms with E-state index >= 15 is 0 Å². The first kappa shape index (κ1) is 8.76. The predicted molar refractivity (Wildman–Crippen MR) is 51.7 cm³/mol. The third-order valence-corrected chi connectivity index (χ3v) is 2.63. The highest BCUT2D eigenvalue weighted by molar-refractivity contribution is 5.99. The number of nitrogens with zero attached hydrogens (tertiary/aromatic N) is 1. The number of hydrogen-bond donors (Lipinski definition) is 1. The molecule has 1 N–H and O–H groups in total. The van der Waals surface area contributed by atoms with E-state index < -0.39 is 6.04 Å². The Bertz CT molecular complexity index is 457. The zero-order chi connectivity index (χ0) is 10.3. The lowest BCUT2D eigenvalue weighted by atomic mass is 9.99. The predicted octanol–water partition coefficient (Wildman–Crippen LogP) is 1.61. The standard InChI is InChI=1S/C11H10N2O/c1-6-3-8-9(4-7(6)2)11(14)13-10(8)5-12/h3-4,10H,1-2H3,(H,13,14). The average molecular weight is 186 g/mol. The van der Waals surface area contributed by atoms with Crippen molar-refractivity contribution in [2.75, 3.05) is 0 Å². The Balaban J connectivity index is 2.65. The fourth-order valence-corrected chi connectivity index (χ4v) is 1.66. The van der Waals surface area contributed by atoms with Crippen molar-refractivity contribution in [2.24, 2.45) is 0 Å². The molecule has 0 aliphatic carbocycles. The average Bonchev–Trinajstić information content (AvgIpc) is 2.45. The van der Waals surface area contributed by atoms with Gasteiger partial charge in [0.25, 0.3) is 5.91 Å². The quantitative estimate of drug-likeness (QED) is 0.669. The van der Waals surface area contributed by atoms with Gasteiger partial charge in [-0.15, -0.1) is 0 Å². The molecule has 1 aromatic rings. The van der Waals surface area contributed by atoms with Crippen molar-refractivity contribution in [1.82, 2.24) is 5.32 Å². The minimum atomic E-state index is -0.475. The summed E-state index contributed by atoms with van der Waals surface area (Å²) >= 11 is 0. The molecule has 1 heterocycles. The van der Waals surface area contributed by atoms with Crippen LogP contribution in [0.5, 0.6) is 0 Å². The number of fused-ring (bicyclic) bond motifs is 1. The van der Waals surface area contributed by atoms with Crippen LogP contribution in [0.15, 0.2) is 12.1 Å². The lowest BCUT2D eigenvalue weighted by molar-refractivity contribution is 0.0962. The van der Waals surface area contributed by atoms with Gasteiger partial charge in [0.05, 0.1) is 6.07 Å². The second-order valence-electron chi connectivity index (χ2n) is 3.56. The van der Waals surface area contributed by atoms with Crippen molar-refractivity contribution in [3.63, 3.8) is 0 Å². The van der Waals surface area contributed by atoms with Gasteiger partial charge in [0.15, 0.2) is 0 Å². The molecule has 0 saturated carbocycles. The van der Waals surface area contributed by atoms with Crippen molar-refractivity contribution in [3.8, 4) is 6.07 Å². The fraction of sp³-hybridized carbons (Fsp3) is 0.273. The van der Waals surface area contributed by atoms with E-state index in [1.54, 1.807) is 0 Å². The summed E-state index contributed by atoms with van der Waals surface area (Å²) < 4.78 is 0. The summed E-state index contributed by atoms with van der Waals surface area (Å²) in [6, 6.07) is 5.35. The molecular weight excluding hydrogens is 176 g/mol. The van der Waals surface area contributed by atoms with Crippen molar-refractivity contribution in [3.05, 3.63) is 34.4 Å². The molecule has 1 aliphatic heterocycles. The van der Waals surface area contributed by atoms with Gasteiger partial charge in [-0.1, -0.05) is 6.07 Å². The van der Waals surface area contributed by atoms with Crippen LogP contribution in [0.3, 0.4) is 0 Å². The number of amides is 1. The normalized spacial score (nSPS) is 18.6. The van der Waals surface area contributed by atoms with Crippen molar-refractivity contribution < 1.29 is 4.79 Å². The minimum absolute atomic E-state index is 0.144. The second kappa shape index (κ2) is 2.85. The first-order chi connectivity index (χ1) is 6.63.